The van der Waals surface area contributed by atoms with Gasteiger partial charge in [0, 0.05) is 13.1 Å². The van der Waals surface area contributed by atoms with E-state index < -0.39 is 5.60 Å². The molecule has 0 aromatic heterocycles. The van der Waals surface area contributed by atoms with E-state index in [1.807, 2.05) is 13.0 Å². The van der Waals surface area contributed by atoms with Gasteiger partial charge in [-0.1, -0.05) is 6.07 Å². The van der Waals surface area contributed by atoms with Crippen LogP contribution in [0.25, 0.3) is 0 Å². The van der Waals surface area contributed by atoms with Crippen molar-refractivity contribution in [3.8, 4) is 6.07 Å². The summed E-state index contributed by atoms with van der Waals surface area (Å²) in [5.41, 5.74) is 0.664. The van der Waals surface area contributed by atoms with Gasteiger partial charge in [0.1, 0.15) is 5.82 Å². The molecular weight excluding hydrogens is 243 g/mol. The van der Waals surface area contributed by atoms with E-state index in [0.717, 1.165) is 37.9 Å². The lowest BCUT2D eigenvalue weighted by Crippen LogP contribution is -2.28. The molecule has 0 amide bonds. The first kappa shape index (κ1) is 14.0. The highest BCUT2D eigenvalue weighted by Crippen LogP contribution is 2.23. The van der Waals surface area contributed by atoms with Gasteiger partial charge < -0.3 is 5.11 Å². The van der Waals surface area contributed by atoms with Crippen LogP contribution in [0.3, 0.4) is 0 Å². The number of likely N-dealkylation sites (tertiary alicyclic amines) is 1. The maximum atomic E-state index is 13.1. The average molecular weight is 262 g/mol. The lowest BCUT2D eigenvalue weighted by Gasteiger charge is -2.22. The summed E-state index contributed by atoms with van der Waals surface area (Å²) in [7, 11) is 0. The van der Waals surface area contributed by atoms with Gasteiger partial charge in [-0.15, -0.1) is 0 Å². The zero-order valence-corrected chi connectivity index (χ0v) is 11.2. The number of benzene rings is 1. The number of nitrogens with zero attached hydrogens (tertiary/aromatic N) is 2. The molecule has 4 heteroatoms. The Morgan fingerprint density at radius 2 is 2.21 bits per heavy atom. The quantitative estimate of drug-likeness (QED) is 0.890. The van der Waals surface area contributed by atoms with Crippen molar-refractivity contribution in [3.63, 3.8) is 0 Å². The fourth-order valence-corrected chi connectivity index (χ4v) is 2.51. The third-order valence-corrected chi connectivity index (χ3v) is 3.74. The highest BCUT2D eigenvalue weighted by Gasteiger charge is 2.25. The second-order valence-electron chi connectivity index (χ2n) is 5.54. The summed E-state index contributed by atoms with van der Waals surface area (Å²) in [6.07, 6.45) is 2.48. The Labute approximate surface area is 113 Å². The van der Waals surface area contributed by atoms with Gasteiger partial charge in [0.15, 0.2) is 0 Å². The summed E-state index contributed by atoms with van der Waals surface area (Å²) in [6.45, 7) is 4.21. The van der Waals surface area contributed by atoms with Gasteiger partial charge in [-0.25, -0.2) is 4.39 Å². The second-order valence-corrected chi connectivity index (χ2v) is 5.54. The second kappa shape index (κ2) is 5.68. The van der Waals surface area contributed by atoms with Crippen molar-refractivity contribution in [1.29, 1.82) is 5.26 Å². The summed E-state index contributed by atoms with van der Waals surface area (Å²) < 4.78 is 13.1. The third kappa shape index (κ3) is 3.76. The molecule has 1 saturated heterocycles. The Hall–Kier alpha value is -1.44. The van der Waals surface area contributed by atoms with E-state index in [1.54, 1.807) is 6.07 Å². The van der Waals surface area contributed by atoms with Gasteiger partial charge in [-0.05, 0) is 50.4 Å². The van der Waals surface area contributed by atoms with Gasteiger partial charge >= 0.3 is 0 Å². The fourth-order valence-electron chi connectivity index (χ4n) is 2.51. The Bertz CT molecular complexity index is 493. The molecule has 1 aliphatic heterocycles. The molecule has 0 spiro atoms. The van der Waals surface area contributed by atoms with E-state index in [1.165, 1.54) is 12.1 Å². The zero-order chi connectivity index (χ0) is 13.9. The highest BCUT2D eigenvalue weighted by molar-refractivity contribution is 5.37. The molecule has 0 aliphatic carbocycles. The minimum absolute atomic E-state index is 0.376. The van der Waals surface area contributed by atoms with E-state index in [-0.39, 0.29) is 5.82 Å². The summed E-state index contributed by atoms with van der Waals surface area (Å²) >= 11 is 0. The van der Waals surface area contributed by atoms with Gasteiger partial charge in [-0.3, -0.25) is 4.90 Å². The molecule has 102 valence electrons. The molecule has 1 aromatic carbocycles. The monoisotopic (exact) mass is 262 g/mol. The first-order valence-corrected chi connectivity index (χ1v) is 6.63. The summed E-state index contributed by atoms with van der Waals surface area (Å²) in [5, 5.41) is 19.1. The predicted molar refractivity (Wildman–Crippen MR) is 70.9 cm³/mol. The first-order valence-electron chi connectivity index (χ1n) is 6.63. The van der Waals surface area contributed by atoms with Gasteiger partial charge in [0.05, 0.1) is 17.2 Å². The maximum Gasteiger partial charge on any atom is 0.124 e. The van der Waals surface area contributed by atoms with Crippen LogP contribution in [0.1, 0.15) is 37.3 Å². The fraction of sp³-hybridized carbons (Fsp3) is 0.533. The number of halogens is 1. The molecule has 1 aromatic rings. The van der Waals surface area contributed by atoms with E-state index in [4.69, 9.17) is 5.26 Å². The normalized spacial score (nSPS) is 24.7. The molecular formula is C15H19FN2O. The van der Waals surface area contributed by atoms with Gasteiger partial charge in [-0.2, -0.15) is 5.26 Å². The van der Waals surface area contributed by atoms with Crippen LogP contribution in [0.5, 0.6) is 0 Å². The van der Waals surface area contributed by atoms with E-state index in [2.05, 4.69) is 4.90 Å². The van der Waals surface area contributed by atoms with E-state index in [0.29, 0.717) is 12.1 Å². The standard InChI is InChI=1S/C15H19FN2O/c1-15(19)5-2-7-18(8-6-15)11-12-3-4-14(16)9-13(12)10-17/h3-4,9,19H,2,5-8,11H2,1H3. The molecule has 2 rings (SSSR count). The number of rotatable bonds is 2. The Morgan fingerprint density at radius 1 is 1.42 bits per heavy atom. The van der Waals surface area contributed by atoms with E-state index >= 15 is 0 Å². The summed E-state index contributed by atoms with van der Waals surface area (Å²) in [6, 6.07) is 6.39. The van der Waals surface area contributed by atoms with Crippen molar-refractivity contribution >= 4 is 0 Å². The van der Waals surface area contributed by atoms with Crippen molar-refractivity contribution in [2.75, 3.05) is 13.1 Å². The highest BCUT2D eigenvalue weighted by atomic mass is 19.1. The molecule has 1 atom stereocenters. The van der Waals surface area contributed by atoms with Crippen LogP contribution < -0.4 is 0 Å². The van der Waals surface area contributed by atoms with Crippen molar-refractivity contribution in [1.82, 2.24) is 4.90 Å². The van der Waals surface area contributed by atoms with Crippen molar-refractivity contribution in [2.24, 2.45) is 0 Å². The number of aliphatic hydroxyl groups is 1. The van der Waals surface area contributed by atoms with Gasteiger partial charge in [0.25, 0.3) is 0 Å². The number of hydrogen-bond donors (Lipinski definition) is 1. The summed E-state index contributed by atoms with van der Waals surface area (Å²) in [4.78, 5) is 2.22. The molecule has 19 heavy (non-hydrogen) atoms. The number of nitriles is 1. The molecule has 0 radical (unpaired) electrons. The van der Waals surface area contributed by atoms with Crippen LogP contribution in [-0.2, 0) is 6.54 Å². The lowest BCUT2D eigenvalue weighted by molar-refractivity contribution is 0.0444. The average Bonchev–Trinajstić information content (AvgIpc) is 2.53. The Kier molecular flexibility index (Phi) is 4.18. The molecule has 1 unspecified atom stereocenters. The molecule has 1 N–H and O–H groups in total. The van der Waals surface area contributed by atoms with Gasteiger partial charge in [0.2, 0.25) is 0 Å². The zero-order valence-electron chi connectivity index (χ0n) is 11.2. The number of hydrogen-bond acceptors (Lipinski definition) is 3. The van der Waals surface area contributed by atoms with Crippen molar-refractivity contribution in [2.45, 2.75) is 38.3 Å². The summed E-state index contributed by atoms with van der Waals surface area (Å²) in [5.74, 6) is -0.376. The van der Waals surface area contributed by atoms with Crippen LogP contribution in [0.4, 0.5) is 4.39 Å². The lowest BCUT2D eigenvalue weighted by atomic mass is 9.98. The largest absolute Gasteiger partial charge is 0.390 e. The Balaban J connectivity index is 2.07. The van der Waals surface area contributed by atoms with Crippen LogP contribution in [0.2, 0.25) is 0 Å². The molecule has 0 bridgehead atoms. The van der Waals surface area contributed by atoms with Crippen molar-refractivity contribution < 1.29 is 9.50 Å². The molecule has 1 aliphatic rings. The topological polar surface area (TPSA) is 47.3 Å². The van der Waals surface area contributed by atoms with Crippen molar-refractivity contribution in [3.05, 3.63) is 35.1 Å². The minimum atomic E-state index is -0.588. The Morgan fingerprint density at radius 3 is 2.95 bits per heavy atom. The molecule has 1 heterocycles. The smallest absolute Gasteiger partial charge is 0.124 e. The first-order chi connectivity index (χ1) is 9.00. The minimum Gasteiger partial charge on any atom is -0.390 e. The van der Waals surface area contributed by atoms with E-state index in [9.17, 15) is 9.50 Å². The third-order valence-electron chi connectivity index (χ3n) is 3.74. The van der Waals surface area contributed by atoms with Crippen LogP contribution in [0.15, 0.2) is 18.2 Å². The predicted octanol–water partition coefficient (Wildman–Crippen LogP) is 2.43. The molecule has 3 nitrogen and oxygen atoms in total. The van der Waals surface area contributed by atoms with Crippen LogP contribution in [0, 0.1) is 17.1 Å². The maximum absolute atomic E-state index is 13.1. The van der Waals surface area contributed by atoms with Crippen LogP contribution in [-0.4, -0.2) is 28.7 Å². The SMILES string of the molecule is CC1(O)CCCN(Cc2ccc(F)cc2C#N)CC1. The van der Waals surface area contributed by atoms with Crippen LogP contribution >= 0.6 is 0 Å². The molecule has 0 saturated carbocycles. The molecule has 1 fully saturated rings.